The van der Waals surface area contributed by atoms with E-state index in [0.717, 1.165) is 12.2 Å². The summed E-state index contributed by atoms with van der Waals surface area (Å²) in [5, 5.41) is 13.8. The minimum atomic E-state index is 0.0196. The Hall–Kier alpha value is -2.08. The topological polar surface area (TPSA) is 74.7 Å². The molecule has 1 atom stereocenters. The lowest BCUT2D eigenvalue weighted by molar-refractivity contribution is 0.318. The standard InChI is InChI=1S/C14H18N4OS/c1-10(9-11-5-4-8-20-11)18(2)13-7-3-6-12(16-13)14(15)17-19/h3-8,10,19H,9H2,1-2H3,(H2,15,17). The van der Waals surface area contributed by atoms with Gasteiger partial charge in [0.2, 0.25) is 0 Å². The molecule has 6 heteroatoms. The van der Waals surface area contributed by atoms with Crippen LogP contribution in [0.2, 0.25) is 0 Å². The van der Waals surface area contributed by atoms with Crippen LogP contribution in [0.5, 0.6) is 0 Å². The zero-order valence-corrected chi connectivity index (χ0v) is 12.3. The number of nitrogens with two attached hydrogens (primary N) is 1. The monoisotopic (exact) mass is 290 g/mol. The van der Waals surface area contributed by atoms with Crippen molar-refractivity contribution in [2.45, 2.75) is 19.4 Å². The fourth-order valence-corrected chi connectivity index (χ4v) is 2.72. The largest absolute Gasteiger partial charge is 0.409 e. The molecular weight excluding hydrogens is 272 g/mol. The van der Waals surface area contributed by atoms with Crippen molar-refractivity contribution in [3.63, 3.8) is 0 Å². The molecule has 106 valence electrons. The number of hydrogen-bond acceptors (Lipinski definition) is 5. The van der Waals surface area contributed by atoms with Crippen molar-refractivity contribution in [1.29, 1.82) is 0 Å². The van der Waals surface area contributed by atoms with Gasteiger partial charge in [-0.3, -0.25) is 0 Å². The van der Waals surface area contributed by atoms with Gasteiger partial charge in [-0.25, -0.2) is 4.98 Å². The average molecular weight is 290 g/mol. The fourth-order valence-electron chi connectivity index (χ4n) is 1.90. The van der Waals surface area contributed by atoms with E-state index in [2.05, 4.69) is 39.5 Å². The molecule has 0 radical (unpaired) electrons. The summed E-state index contributed by atoms with van der Waals surface area (Å²) in [7, 11) is 2.00. The minimum Gasteiger partial charge on any atom is -0.409 e. The minimum absolute atomic E-state index is 0.0196. The molecule has 0 saturated heterocycles. The summed E-state index contributed by atoms with van der Waals surface area (Å²) in [5.74, 6) is 0.823. The predicted octanol–water partition coefficient (Wildman–Crippen LogP) is 2.30. The van der Waals surface area contributed by atoms with Gasteiger partial charge in [0.25, 0.3) is 0 Å². The van der Waals surface area contributed by atoms with E-state index in [1.807, 2.05) is 19.2 Å². The quantitative estimate of drug-likeness (QED) is 0.383. The van der Waals surface area contributed by atoms with Crippen molar-refractivity contribution in [1.82, 2.24) is 4.98 Å². The molecule has 2 heterocycles. The van der Waals surface area contributed by atoms with Gasteiger partial charge in [0.15, 0.2) is 5.84 Å². The molecule has 0 aliphatic heterocycles. The predicted molar refractivity (Wildman–Crippen MR) is 82.6 cm³/mol. The Balaban J connectivity index is 2.14. The van der Waals surface area contributed by atoms with Gasteiger partial charge in [-0.2, -0.15) is 0 Å². The van der Waals surface area contributed by atoms with Crippen molar-refractivity contribution >= 4 is 23.0 Å². The van der Waals surface area contributed by atoms with Gasteiger partial charge in [0.1, 0.15) is 11.5 Å². The van der Waals surface area contributed by atoms with Crippen LogP contribution in [0.25, 0.3) is 0 Å². The summed E-state index contributed by atoms with van der Waals surface area (Å²) >= 11 is 1.76. The van der Waals surface area contributed by atoms with E-state index in [4.69, 9.17) is 10.9 Å². The van der Waals surface area contributed by atoms with E-state index in [9.17, 15) is 0 Å². The normalized spacial score (nSPS) is 13.2. The number of aromatic nitrogens is 1. The fraction of sp³-hybridized carbons (Fsp3) is 0.286. The van der Waals surface area contributed by atoms with Crippen molar-refractivity contribution < 1.29 is 5.21 Å². The van der Waals surface area contributed by atoms with E-state index >= 15 is 0 Å². The first-order valence-electron chi connectivity index (χ1n) is 6.32. The van der Waals surface area contributed by atoms with Crippen LogP contribution < -0.4 is 10.6 Å². The Morgan fingerprint density at radius 3 is 2.90 bits per heavy atom. The van der Waals surface area contributed by atoms with Crippen molar-refractivity contribution in [2.75, 3.05) is 11.9 Å². The second-order valence-corrected chi connectivity index (χ2v) is 5.64. The first-order chi connectivity index (χ1) is 9.61. The molecule has 0 aliphatic rings. The van der Waals surface area contributed by atoms with Gasteiger partial charge in [-0.05, 0) is 30.5 Å². The van der Waals surface area contributed by atoms with E-state index in [1.54, 1.807) is 17.4 Å². The van der Waals surface area contributed by atoms with Crippen molar-refractivity contribution in [2.24, 2.45) is 10.9 Å². The molecule has 1 unspecified atom stereocenters. The van der Waals surface area contributed by atoms with E-state index in [0.29, 0.717) is 11.7 Å². The highest BCUT2D eigenvalue weighted by molar-refractivity contribution is 7.09. The van der Waals surface area contributed by atoms with Gasteiger partial charge in [0, 0.05) is 24.4 Å². The molecule has 0 aromatic carbocycles. The third-order valence-electron chi connectivity index (χ3n) is 3.20. The van der Waals surface area contributed by atoms with Crippen molar-refractivity contribution in [3.05, 3.63) is 46.3 Å². The highest BCUT2D eigenvalue weighted by Crippen LogP contribution is 2.18. The molecular formula is C14H18N4OS. The summed E-state index contributed by atoms with van der Waals surface area (Å²) in [6.07, 6.45) is 0.962. The Bertz CT molecular complexity index is 583. The summed E-state index contributed by atoms with van der Waals surface area (Å²) < 4.78 is 0. The zero-order valence-electron chi connectivity index (χ0n) is 11.5. The van der Waals surface area contributed by atoms with Crippen LogP contribution in [0.15, 0.2) is 40.9 Å². The Labute approximate surface area is 122 Å². The zero-order chi connectivity index (χ0) is 14.5. The molecule has 0 bridgehead atoms. The lowest BCUT2D eigenvalue weighted by atomic mass is 10.2. The maximum Gasteiger partial charge on any atom is 0.188 e. The molecule has 0 aliphatic carbocycles. The Morgan fingerprint density at radius 1 is 1.45 bits per heavy atom. The summed E-state index contributed by atoms with van der Waals surface area (Å²) in [6, 6.07) is 9.99. The molecule has 2 aromatic rings. The number of likely N-dealkylation sites (N-methyl/N-ethyl adjacent to an activating group) is 1. The van der Waals surface area contributed by atoms with E-state index < -0.39 is 0 Å². The van der Waals surface area contributed by atoms with E-state index in [1.165, 1.54) is 4.88 Å². The molecule has 0 spiro atoms. The first kappa shape index (κ1) is 14.3. The number of oxime groups is 1. The lowest BCUT2D eigenvalue weighted by Crippen LogP contribution is -2.31. The Morgan fingerprint density at radius 2 is 2.25 bits per heavy atom. The smallest absolute Gasteiger partial charge is 0.188 e. The van der Waals surface area contributed by atoms with Crippen LogP contribution in [0, 0.1) is 0 Å². The third-order valence-corrected chi connectivity index (χ3v) is 4.10. The molecule has 0 saturated carbocycles. The van der Waals surface area contributed by atoms with Gasteiger partial charge in [-0.1, -0.05) is 17.3 Å². The lowest BCUT2D eigenvalue weighted by Gasteiger charge is -2.26. The first-order valence-corrected chi connectivity index (χ1v) is 7.20. The van der Waals surface area contributed by atoms with E-state index in [-0.39, 0.29) is 5.84 Å². The van der Waals surface area contributed by atoms with Crippen LogP contribution in [-0.2, 0) is 6.42 Å². The van der Waals surface area contributed by atoms with Crippen LogP contribution >= 0.6 is 11.3 Å². The maximum atomic E-state index is 8.71. The number of hydrogen-bond donors (Lipinski definition) is 2. The van der Waals surface area contributed by atoms with Gasteiger partial charge in [0.05, 0.1) is 0 Å². The second kappa shape index (κ2) is 6.38. The SMILES string of the molecule is CC(Cc1cccs1)N(C)c1cccc(C(N)=NO)n1. The third kappa shape index (κ3) is 3.27. The van der Waals surface area contributed by atoms with Crippen molar-refractivity contribution in [3.8, 4) is 0 Å². The molecule has 2 aromatic heterocycles. The van der Waals surface area contributed by atoms with Gasteiger partial charge < -0.3 is 15.8 Å². The highest BCUT2D eigenvalue weighted by Gasteiger charge is 2.13. The van der Waals surface area contributed by atoms with Gasteiger partial charge in [-0.15, -0.1) is 11.3 Å². The highest BCUT2D eigenvalue weighted by atomic mass is 32.1. The number of thiophene rings is 1. The number of rotatable bonds is 5. The summed E-state index contributed by atoms with van der Waals surface area (Å²) in [4.78, 5) is 7.84. The van der Waals surface area contributed by atoms with Crippen LogP contribution in [0.3, 0.4) is 0 Å². The maximum absolute atomic E-state index is 8.71. The average Bonchev–Trinajstić information content (AvgIpc) is 2.98. The molecule has 2 rings (SSSR count). The number of anilines is 1. The molecule has 20 heavy (non-hydrogen) atoms. The number of nitrogens with zero attached hydrogens (tertiary/aromatic N) is 3. The van der Waals surface area contributed by atoms with Crippen LogP contribution in [-0.4, -0.2) is 29.1 Å². The molecule has 0 amide bonds. The molecule has 0 fully saturated rings. The number of pyridine rings is 1. The molecule has 3 N–H and O–H groups in total. The van der Waals surface area contributed by atoms with Crippen LogP contribution in [0.4, 0.5) is 5.82 Å². The summed E-state index contributed by atoms with van der Waals surface area (Å²) in [6.45, 7) is 2.15. The number of amidine groups is 1. The summed E-state index contributed by atoms with van der Waals surface area (Å²) in [5.41, 5.74) is 6.04. The Kier molecular flexibility index (Phi) is 4.57. The van der Waals surface area contributed by atoms with Crippen LogP contribution in [0.1, 0.15) is 17.5 Å². The van der Waals surface area contributed by atoms with Gasteiger partial charge >= 0.3 is 0 Å². The second-order valence-electron chi connectivity index (χ2n) is 4.61. The molecule has 5 nitrogen and oxygen atoms in total.